The van der Waals surface area contributed by atoms with Gasteiger partial charge in [-0.1, -0.05) is 18.2 Å². The van der Waals surface area contributed by atoms with Crippen LogP contribution >= 0.6 is 11.3 Å². The van der Waals surface area contributed by atoms with Gasteiger partial charge in [0, 0.05) is 33.8 Å². The molecule has 0 spiro atoms. The van der Waals surface area contributed by atoms with Crippen molar-refractivity contribution in [2.45, 2.75) is 33.6 Å². The first-order valence-electron chi connectivity index (χ1n) is 12.2. The summed E-state index contributed by atoms with van der Waals surface area (Å²) in [6.45, 7) is 7.55. The minimum absolute atomic E-state index is 0.225. The number of nitrogens with zero attached hydrogens (tertiary/aromatic N) is 2. The first-order valence-corrected chi connectivity index (χ1v) is 13.1. The third kappa shape index (κ3) is 5.49. The van der Waals surface area contributed by atoms with Crippen molar-refractivity contribution in [1.29, 1.82) is 0 Å². The minimum atomic E-state index is -0.732. The van der Waals surface area contributed by atoms with Gasteiger partial charge in [0.25, 0.3) is 0 Å². The molecule has 2 atom stereocenters. The maximum Gasteiger partial charge on any atom is 0.336 e. The first kappa shape index (κ1) is 26.3. The molecule has 1 aliphatic rings. The average molecular weight is 519 g/mol. The molecule has 2 unspecified atom stereocenters. The van der Waals surface area contributed by atoms with Crippen LogP contribution in [0.25, 0.3) is 21.8 Å². The van der Waals surface area contributed by atoms with E-state index in [-0.39, 0.29) is 13.2 Å². The lowest BCUT2D eigenvalue weighted by Crippen LogP contribution is -2.36. The molecule has 4 rings (SSSR count). The summed E-state index contributed by atoms with van der Waals surface area (Å²) in [6.07, 6.45) is 0. The number of rotatable bonds is 8. The molecule has 37 heavy (non-hydrogen) atoms. The number of thiazole rings is 1. The predicted octanol–water partition coefficient (Wildman–Crippen LogP) is 6.06. The van der Waals surface area contributed by atoms with Crippen molar-refractivity contribution in [2.24, 2.45) is 10.9 Å². The van der Waals surface area contributed by atoms with E-state index in [1.54, 1.807) is 34.8 Å². The molecule has 2 heterocycles. The van der Waals surface area contributed by atoms with Crippen molar-refractivity contribution in [2.75, 3.05) is 20.3 Å². The Balaban J connectivity index is 1.76. The number of esters is 2. The molecular weight excluding hydrogens is 488 g/mol. The van der Waals surface area contributed by atoms with Crippen LogP contribution in [0, 0.1) is 5.92 Å². The topological polar surface area (TPSA) is 87.1 Å². The van der Waals surface area contributed by atoms with Crippen molar-refractivity contribution in [3.63, 3.8) is 0 Å². The van der Waals surface area contributed by atoms with Crippen molar-refractivity contribution in [3.8, 4) is 27.6 Å². The zero-order chi connectivity index (χ0) is 26.5. The predicted molar refractivity (Wildman–Crippen MR) is 145 cm³/mol. The Hall–Kier alpha value is -3.78. The SMILES string of the molecule is CCOC(=O)C1=C(C)N=C(C)C(C(=O)OCC)C1c1cccc(-c2nc(-c3ccc(OC)cc3)cs2)c1. The van der Waals surface area contributed by atoms with Gasteiger partial charge in [0.15, 0.2) is 0 Å². The molecule has 2 aromatic carbocycles. The second-order valence-corrected chi connectivity index (χ2v) is 9.43. The number of hydrogen-bond acceptors (Lipinski definition) is 8. The van der Waals surface area contributed by atoms with E-state index in [9.17, 15) is 9.59 Å². The van der Waals surface area contributed by atoms with Gasteiger partial charge in [-0.15, -0.1) is 11.3 Å². The molecule has 0 N–H and O–H groups in total. The Kier molecular flexibility index (Phi) is 8.18. The molecule has 0 saturated heterocycles. The van der Waals surface area contributed by atoms with Crippen LogP contribution in [-0.2, 0) is 19.1 Å². The number of hydrogen-bond donors (Lipinski definition) is 0. The van der Waals surface area contributed by atoms with Crippen LogP contribution < -0.4 is 4.74 Å². The van der Waals surface area contributed by atoms with Gasteiger partial charge in [0.2, 0.25) is 0 Å². The smallest absolute Gasteiger partial charge is 0.336 e. The zero-order valence-electron chi connectivity index (χ0n) is 21.6. The Labute approximate surface area is 220 Å². The van der Waals surface area contributed by atoms with Gasteiger partial charge in [-0.25, -0.2) is 9.78 Å². The highest BCUT2D eigenvalue weighted by Crippen LogP contribution is 2.41. The van der Waals surface area contributed by atoms with Crippen molar-refractivity contribution >= 4 is 29.0 Å². The van der Waals surface area contributed by atoms with Crippen LogP contribution in [0.4, 0.5) is 0 Å². The summed E-state index contributed by atoms with van der Waals surface area (Å²) in [6, 6.07) is 15.6. The Bertz CT molecular complexity index is 1360. The van der Waals surface area contributed by atoms with E-state index in [0.29, 0.717) is 17.0 Å². The number of carbonyl (C=O) groups is 2. The van der Waals surface area contributed by atoms with E-state index in [0.717, 1.165) is 33.1 Å². The lowest BCUT2D eigenvalue weighted by Gasteiger charge is -2.31. The summed E-state index contributed by atoms with van der Waals surface area (Å²) in [5.41, 5.74) is 5.07. The molecule has 0 saturated carbocycles. The first-order chi connectivity index (χ1) is 17.9. The number of allylic oxidation sites excluding steroid dienone is 1. The van der Waals surface area contributed by atoms with E-state index < -0.39 is 23.8 Å². The summed E-state index contributed by atoms with van der Waals surface area (Å²) in [4.78, 5) is 35.5. The molecule has 8 heteroatoms. The van der Waals surface area contributed by atoms with E-state index >= 15 is 0 Å². The highest BCUT2D eigenvalue weighted by atomic mass is 32.1. The fourth-order valence-electron chi connectivity index (χ4n) is 4.57. The molecular formula is C29H30N2O5S. The maximum absolute atomic E-state index is 13.1. The monoisotopic (exact) mass is 518 g/mol. The third-order valence-corrected chi connectivity index (χ3v) is 7.14. The lowest BCUT2D eigenvalue weighted by molar-refractivity contribution is -0.146. The average Bonchev–Trinajstić information content (AvgIpc) is 3.39. The van der Waals surface area contributed by atoms with Crippen LogP contribution in [0.1, 0.15) is 39.2 Å². The number of methoxy groups -OCH3 is 1. The van der Waals surface area contributed by atoms with Crippen LogP contribution in [-0.4, -0.2) is 43.0 Å². The molecule has 192 valence electrons. The van der Waals surface area contributed by atoms with Crippen LogP contribution in [0.15, 0.2) is 70.2 Å². The molecule has 0 fully saturated rings. The molecule has 7 nitrogen and oxygen atoms in total. The van der Waals surface area contributed by atoms with Crippen LogP contribution in [0.2, 0.25) is 0 Å². The Morgan fingerprint density at radius 2 is 1.70 bits per heavy atom. The molecule has 0 aliphatic carbocycles. The van der Waals surface area contributed by atoms with Crippen LogP contribution in [0.3, 0.4) is 0 Å². The summed E-state index contributed by atoms with van der Waals surface area (Å²) in [5.74, 6) is -1.42. The standard InChI is InChI=1S/C29H30N2O5S/c1-6-35-28(32)24-17(3)30-18(4)25(29(33)36-7-2)26(24)20-9-8-10-21(15-20)27-31-23(16-37-27)19-11-13-22(34-5)14-12-19/h8-16,24,26H,6-7H2,1-5H3. The molecule has 0 bridgehead atoms. The van der Waals surface area contributed by atoms with Gasteiger partial charge in [0.05, 0.1) is 31.6 Å². The second-order valence-electron chi connectivity index (χ2n) is 8.57. The summed E-state index contributed by atoms with van der Waals surface area (Å²) in [5, 5.41) is 2.84. The lowest BCUT2D eigenvalue weighted by atomic mass is 9.75. The number of ether oxygens (including phenoxy) is 3. The zero-order valence-corrected chi connectivity index (χ0v) is 22.4. The van der Waals surface area contributed by atoms with Crippen LogP contribution in [0.5, 0.6) is 5.75 Å². The number of carbonyl (C=O) groups excluding carboxylic acids is 2. The summed E-state index contributed by atoms with van der Waals surface area (Å²) >= 11 is 1.53. The molecule has 1 aliphatic heterocycles. The van der Waals surface area contributed by atoms with Crippen molar-refractivity contribution in [1.82, 2.24) is 4.98 Å². The van der Waals surface area contributed by atoms with Crippen molar-refractivity contribution in [3.05, 3.63) is 70.7 Å². The van der Waals surface area contributed by atoms with Gasteiger partial charge in [0.1, 0.15) is 16.7 Å². The van der Waals surface area contributed by atoms with Crippen molar-refractivity contribution < 1.29 is 23.8 Å². The van der Waals surface area contributed by atoms with Gasteiger partial charge < -0.3 is 14.2 Å². The van der Waals surface area contributed by atoms with E-state index in [2.05, 4.69) is 4.99 Å². The van der Waals surface area contributed by atoms with Gasteiger partial charge in [-0.2, -0.15) is 0 Å². The normalized spacial score (nSPS) is 17.3. The van der Waals surface area contributed by atoms with Gasteiger partial charge in [-0.3, -0.25) is 9.79 Å². The molecule has 0 radical (unpaired) electrons. The summed E-state index contributed by atoms with van der Waals surface area (Å²) < 4.78 is 16.0. The Morgan fingerprint density at radius 3 is 2.38 bits per heavy atom. The number of benzene rings is 2. The van der Waals surface area contributed by atoms with E-state index in [4.69, 9.17) is 19.2 Å². The van der Waals surface area contributed by atoms with E-state index in [1.807, 2.05) is 53.9 Å². The Morgan fingerprint density at radius 1 is 0.973 bits per heavy atom. The maximum atomic E-state index is 13.1. The largest absolute Gasteiger partial charge is 0.497 e. The highest BCUT2D eigenvalue weighted by molar-refractivity contribution is 7.13. The van der Waals surface area contributed by atoms with E-state index in [1.165, 1.54) is 11.3 Å². The number of aromatic nitrogens is 1. The molecule has 3 aromatic rings. The summed E-state index contributed by atoms with van der Waals surface area (Å²) in [7, 11) is 1.64. The molecule has 0 amide bonds. The fourth-order valence-corrected chi connectivity index (χ4v) is 5.40. The number of aliphatic imine (C=N–C) groups is 1. The quantitative estimate of drug-likeness (QED) is 0.337. The van der Waals surface area contributed by atoms with Gasteiger partial charge in [-0.05, 0) is 63.6 Å². The second kappa shape index (κ2) is 11.5. The fraction of sp³-hybridized carbons (Fsp3) is 0.310. The highest BCUT2D eigenvalue weighted by Gasteiger charge is 2.42. The minimum Gasteiger partial charge on any atom is -0.497 e. The van der Waals surface area contributed by atoms with Gasteiger partial charge >= 0.3 is 11.9 Å². The third-order valence-electron chi connectivity index (χ3n) is 6.25. The molecule has 1 aromatic heterocycles.